The van der Waals surface area contributed by atoms with Gasteiger partial charge in [-0.05, 0) is 26.9 Å². The van der Waals surface area contributed by atoms with Gasteiger partial charge in [0.15, 0.2) is 0 Å². The molecule has 0 aromatic carbocycles. The van der Waals surface area contributed by atoms with Crippen LogP contribution >= 0.6 is 11.6 Å². The summed E-state index contributed by atoms with van der Waals surface area (Å²) < 4.78 is 28.3. The van der Waals surface area contributed by atoms with Crippen LogP contribution < -0.4 is 0 Å². The highest BCUT2D eigenvalue weighted by molar-refractivity contribution is 7.89. The molecule has 0 radical (unpaired) electrons. The topological polar surface area (TPSA) is 58.4 Å². The van der Waals surface area contributed by atoms with Crippen LogP contribution in [0.4, 0.5) is 0 Å². The van der Waals surface area contributed by atoms with E-state index in [0.29, 0.717) is 25.5 Å². The molecule has 0 aliphatic carbocycles. The molecule has 0 amide bonds. The molecular weight excluding hydrogens is 300 g/mol. The molecule has 1 unspecified atom stereocenters. The molecule has 1 atom stereocenters. The molecule has 6 nitrogen and oxygen atoms in total. The lowest BCUT2D eigenvalue weighted by atomic mass is 10.1. The number of likely N-dealkylation sites (N-methyl/N-ethyl adjacent to an activating group) is 1. The Kier molecular flexibility index (Phi) is 5.06. The van der Waals surface area contributed by atoms with Gasteiger partial charge in [0, 0.05) is 31.2 Å². The van der Waals surface area contributed by atoms with Gasteiger partial charge in [0.05, 0.1) is 12.7 Å². The third-order valence-corrected chi connectivity index (χ3v) is 5.64. The highest BCUT2D eigenvalue weighted by Gasteiger charge is 2.31. The minimum absolute atomic E-state index is 0.252. The molecule has 1 fully saturated rings. The first kappa shape index (κ1) is 15.8. The zero-order valence-corrected chi connectivity index (χ0v) is 13.4. The number of hydrogen-bond donors (Lipinski definition) is 0. The van der Waals surface area contributed by atoms with Crippen LogP contribution in [0, 0.1) is 0 Å². The number of rotatable bonds is 5. The summed E-state index contributed by atoms with van der Waals surface area (Å²) in [5.41, 5.74) is 0. The number of alkyl halides is 1. The SMILES string of the molecule is CN(C)C1CCCN(S(=O)(=O)c2cnn(CCCl)c2)C1. The van der Waals surface area contributed by atoms with Crippen LogP contribution in [-0.2, 0) is 16.6 Å². The molecule has 0 bridgehead atoms. The predicted molar refractivity (Wildman–Crippen MR) is 78.4 cm³/mol. The van der Waals surface area contributed by atoms with E-state index in [-0.39, 0.29) is 10.9 Å². The van der Waals surface area contributed by atoms with Crippen LogP contribution in [0.3, 0.4) is 0 Å². The molecule has 8 heteroatoms. The Bertz CT molecular complexity index is 543. The lowest BCUT2D eigenvalue weighted by Gasteiger charge is -2.35. The molecule has 1 aliphatic heterocycles. The van der Waals surface area contributed by atoms with E-state index in [9.17, 15) is 8.42 Å². The van der Waals surface area contributed by atoms with Gasteiger partial charge in [0.1, 0.15) is 4.90 Å². The lowest BCUT2D eigenvalue weighted by molar-refractivity contribution is 0.190. The second kappa shape index (κ2) is 6.43. The van der Waals surface area contributed by atoms with E-state index < -0.39 is 10.0 Å². The maximum atomic E-state index is 12.6. The van der Waals surface area contributed by atoms with Crippen molar-refractivity contribution in [3.63, 3.8) is 0 Å². The minimum atomic E-state index is -3.45. The molecule has 1 aromatic rings. The third-order valence-electron chi connectivity index (χ3n) is 3.65. The molecule has 1 saturated heterocycles. The normalized spacial score (nSPS) is 21.5. The van der Waals surface area contributed by atoms with E-state index >= 15 is 0 Å². The summed E-state index contributed by atoms with van der Waals surface area (Å²) in [4.78, 5) is 2.33. The maximum absolute atomic E-state index is 12.6. The summed E-state index contributed by atoms with van der Waals surface area (Å²) in [6.07, 6.45) is 4.88. The monoisotopic (exact) mass is 320 g/mol. The van der Waals surface area contributed by atoms with E-state index in [2.05, 4.69) is 10.00 Å². The first-order valence-electron chi connectivity index (χ1n) is 6.70. The van der Waals surface area contributed by atoms with E-state index in [1.165, 1.54) is 6.20 Å². The van der Waals surface area contributed by atoms with Crippen molar-refractivity contribution in [2.24, 2.45) is 0 Å². The molecule has 2 heterocycles. The van der Waals surface area contributed by atoms with Gasteiger partial charge in [-0.15, -0.1) is 11.6 Å². The fraction of sp³-hybridized carbons (Fsp3) is 0.750. The molecule has 0 N–H and O–H groups in total. The molecule has 1 aliphatic rings. The average Bonchev–Trinajstić information content (AvgIpc) is 2.88. The summed E-state index contributed by atoms with van der Waals surface area (Å²) >= 11 is 5.64. The van der Waals surface area contributed by atoms with Crippen molar-refractivity contribution >= 4 is 21.6 Å². The molecular formula is C12H21ClN4O2S. The standard InChI is InChI=1S/C12H21ClN4O2S/c1-15(2)11-4-3-6-17(9-11)20(18,19)12-8-14-16(10-12)7-5-13/h8,10-11H,3-7,9H2,1-2H3. The van der Waals surface area contributed by atoms with Gasteiger partial charge in [-0.1, -0.05) is 0 Å². The maximum Gasteiger partial charge on any atom is 0.246 e. The van der Waals surface area contributed by atoms with Crippen molar-refractivity contribution in [3.05, 3.63) is 12.4 Å². The molecule has 2 rings (SSSR count). The van der Waals surface area contributed by atoms with E-state index in [1.54, 1.807) is 15.2 Å². The second-order valence-corrected chi connectivity index (χ2v) is 7.57. The van der Waals surface area contributed by atoms with Gasteiger partial charge in [-0.25, -0.2) is 8.42 Å². The summed E-state index contributed by atoms with van der Waals surface area (Å²) in [6, 6.07) is 0.274. The van der Waals surface area contributed by atoms with Crippen molar-refractivity contribution < 1.29 is 8.42 Å². The second-order valence-electron chi connectivity index (χ2n) is 5.25. The third kappa shape index (κ3) is 3.33. The van der Waals surface area contributed by atoms with Gasteiger partial charge in [0.2, 0.25) is 10.0 Å². The first-order chi connectivity index (χ1) is 9.45. The van der Waals surface area contributed by atoms with Crippen molar-refractivity contribution in [2.75, 3.05) is 33.1 Å². The summed E-state index contributed by atoms with van der Waals surface area (Å²) in [5, 5.41) is 4.04. The Morgan fingerprint density at radius 2 is 2.25 bits per heavy atom. The zero-order chi connectivity index (χ0) is 14.8. The molecule has 0 saturated carbocycles. The van der Waals surface area contributed by atoms with Crippen molar-refractivity contribution in [1.29, 1.82) is 0 Å². The Labute approximate surface area is 125 Å². The quantitative estimate of drug-likeness (QED) is 0.754. The minimum Gasteiger partial charge on any atom is -0.305 e. The number of hydrogen-bond acceptors (Lipinski definition) is 4. The van der Waals surface area contributed by atoms with Crippen LogP contribution in [0.2, 0.25) is 0 Å². The summed E-state index contributed by atoms with van der Waals surface area (Å²) in [7, 11) is 0.525. The lowest BCUT2D eigenvalue weighted by Crippen LogP contribution is -2.47. The molecule has 0 spiro atoms. The molecule has 114 valence electrons. The van der Waals surface area contributed by atoms with E-state index in [1.807, 2.05) is 14.1 Å². The van der Waals surface area contributed by atoms with Crippen LogP contribution in [0.15, 0.2) is 17.3 Å². The number of halogens is 1. The van der Waals surface area contributed by atoms with Gasteiger partial charge < -0.3 is 4.90 Å². The Hall–Kier alpha value is -0.630. The van der Waals surface area contributed by atoms with Gasteiger partial charge in [-0.3, -0.25) is 4.68 Å². The van der Waals surface area contributed by atoms with Gasteiger partial charge >= 0.3 is 0 Å². The number of piperidine rings is 1. The van der Waals surface area contributed by atoms with Crippen LogP contribution in [0.25, 0.3) is 0 Å². The summed E-state index contributed by atoms with van der Waals surface area (Å²) in [5.74, 6) is 0.410. The predicted octanol–water partition coefficient (Wildman–Crippen LogP) is 0.837. The van der Waals surface area contributed by atoms with E-state index in [4.69, 9.17) is 11.6 Å². The molecule has 20 heavy (non-hydrogen) atoms. The summed E-state index contributed by atoms with van der Waals surface area (Å²) in [6.45, 7) is 1.63. The average molecular weight is 321 g/mol. The van der Waals surface area contributed by atoms with Crippen LogP contribution in [0.5, 0.6) is 0 Å². The Morgan fingerprint density at radius 1 is 1.50 bits per heavy atom. The van der Waals surface area contributed by atoms with E-state index in [0.717, 1.165) is 12.8 Å². The highest BCUT2D eigenvalue weighted by Crippen LogP contribution is 2.21. The Balaban J connectivity index is 2.16. The number of nitrogens with zero attached hydrogens (tertiary/aromatic N) is 4. The Morgan fingerprint density at radius 3 is 2.90 bits per heavy atom. The fourth-order valence-electron chi connectivity index (χ4n) is 2.40. The highest BCUT2D eigenvalue weighted by atomic mass is 35.5. The van der Waals surface area contributed by atoms with Crippen molar-refractivity contribution in [1.82, 2.24) is 19.0 Å². The fourth-order valence-corrected chi connectivity index (χ4v) is 4.04. The zero-order valence-electron chi connectivity index (χ0n) is 11.9. The van der Waals surface area contributed by atoms with Crippen LogP contribution in [-0.4, -0.2) is 66.5 Å². The van der Waals surface area contributed by atoms with Crippen LogP contribution in [0.1, 0.15) is 12.8 Å². The number of aromatic nitrogens is 2. The largest absolute Gasteiger partial charge is 0.305 e. The van der Waals surface area contributed by atoms with Gasteiger partial charge in [-0.2, -0.15) is 9.40 Å². The number of sulfonamides is 1. The van der Waals surface area contributed by atoms with Gasteiger partial charge in [0.25, 0.3) is 0 Å². The molecule has 1 aromatic heterocycles. The van der Waals surface area contributed by atoms with Crippen molar-refractivity contribution in [3.8, 4) is 0 Å². The smallest absolute Gasteiger partial charge is 0.246 e. The van der Waals surface area contributed by atoms with Crippen molar-refractivity contribution in [2.45, 2.75) is 30.3 Å². The first-order valence-corrected chi connectivity index (χ1v) is 8.67. The number of aryl methyl sites for hydroxylation is 1.